The highest BCUT2D eigenvalue weighted by Crippen LogP contribution is 2.26. The van der Waals surface area contributed by atoms with E-state index in [0.717, 1.165) is 22.0 Å². The van der Waals surface area contributed by atoms with Gasteiger partial charge in [-0.1, -0.05) is 12.1 Å². The van der Waals surface area contributed by atoms with Crippen LogP contribution >= 0.6 is 11.8 Å². The zero-order valence-electron chi connectivity index (χ0n) is 15.1. The first-order chi connectivity index (χ1) is 12.0. The van der Waals surface area contributed by atoms with Crippen molar-refractivity contribution in [2.24, 2.45) is 0 Å². The van der Waals surface area contributed by atoms with Gasteiger partial charge in [0.05, 0.1) is 25.0 Å². The number of carbonyl (C=O) groups is 1. The molecule has 4 nitrogen and oxygen atoms in total. The van der Waals surface area contributed by atoms with Gasteiger partial charge in [-0.25, -0.2) is 0 Å². The second-order valence-electron chi connectivity index (χ2n) is 5.67. The van der Waals surface area contributed by atoms with Crippen LogP contribution in [0.1, 0.15) is 32.4 Å². The molecule has 0 aliphatic carbocycles. The first-order valence-corrected chi connectivity index (χ1v) is 9.25. The summed E-state index contributed by atoms with van der Waals surface area (Å²) in [7, 11) is 1.64. The molecule has 2 aromatic rings. The lowest BCUT2D eigenvalue weighted by Gasteiger charge is -2.18. The monoisotopic (exact) mass is 359 g/mol. The van der Waals surface area contributed by atoms with Crippen molar-refractivity contribution in [1.82, 2.24) is 5.32 Å². The number of benzene rings is 2. The van der Waals surface area contributed by atoms with E-state index in [-0.39, 0.29) is 17.2 Å². The van der Waals surface area contributed by atoms with Gasteiger partial charge in [0.2, 0.25) is 5.91 Å². The van der Waals surface area contributed by atoms with Gasteiger partial charge in [-0.05, 0) is 62.7 Å². The summed E-state index contributed by atoms with van der Waals surface area (Å²) in [5, 5.41) is 2.88. The second-order valence-corrected chi connectivity index (χ2v) is 7.09. The molecule has 0 radical (unpaired) electrons. The largest absolute Gasteiger partial charge is 0.497 e. The quantitative estimate of drug-likeness (QED) is 0.707. The lowest BCUT2D eigenvalue weighted by molar-refractivity contribution is -0.120. The topological polar surface area (TPSA) is 47.6 Å². The van der Waals surface area contributed by atoms with Gasteiger partial charge >= 0.3 is 0 Å². The Hall–Kier alpha value is -2.14. The standard InChI is InChI=1S/C20H25NO3S/c1-5-24-18-8-6-7-16(13-18)14(2)21-20(22)15(3)25-19-11-9-17(23-4)10-12-19/h6-15H,5H2,1-4H3,(H,21,22). The highest BCUT2D eigenvalue weighted by Gasteiger charge is 2.17. The summed E-state index contributed by atoms with van der Waals surface area (Å²) in [4.78, 5) is 13.5. The van der Waals surface area contributed by atoms with Crippen LogP contribution < -0.4 is 14.8 Å². The number of nitrogens with one attached hydrogen (secondary N) is 1. The highest BCUT2D eigenvalue weighted by atomic mass is 32.2. The van der Waals surface area contributed by atoms with E-state index in [1.807, 2.05) is 69.3 Å². The van der Waals surface area contributed by atoms with Gasteiger partial charge in [0.1, 0.15) is 11.5 Å². The Balaban J connectivity index is 1.94. The molecule has 2 unspecified atom stereocenters. The summed E-state index contributed by atoms with van der Waals surface area (Å²) in [6.07, 6.45) is 0. The summed E-state index contributed by atoms with van der Waals surface area (Å²) >= 11 is 1.53. The fraction of sp³-hybridized carbons (Fsp3) is 0.350. The summed E-state index contributed by atoms with van der Waals surface area (Å²) in [5.74, 6) is 1.64. The molecule has 0 aromatic heterocycles. The summed E-state index contributed by atoms with van der Waals surface area (Å²) in [6.45, 7) is 6.47. The molecule has 1 amide bonds. The van der Waals surface area contributed by atoms with Crippen molar-refractivity contribution in [3.8, 4) is 11.5 Å². The van der Waals surface area contributed by atoms with Crippen LogP contribution in [0.3, 0.4) is 0 Å². The van der Waals surface area contributed by atoms with E-state index in [0.29, 0.717) is 6.61 Å². The Bertz CT molecular complexity index is 688. The molecule has 2 rings (SSSR count). The maximum Gasteiger partial charge on any atom is 0.233 e. The first-order valence-electron chi connectivity index (χ1n) is 8.37. The number of carbonyl (C=O) groups excluding carboxylic acids is 1. The van der Waals surface area contributed by atoms with Gasteiger partial charge in [0.15, 0.2) is 0 Å². The van der Waals surface area contributed by atoms with Gasteiger partial charge in [0, 0.05) is 4.90 Å². The Morgan fingerprint density at radius 1 is 1.12 bits per heavy atom. The molecule has 0 aliphatic heterocycles. The van der Waals surface area contributed by atoms with E-state index >= 15 is 0 Å². The maximum atomic E-state index is 12.5. The zero-order chi connectivity index (χ0) is 18.2. The molecule has 134 valence electrons. The molecule has 0 saturated heterocycles. The summed E-state index contributed by atoms with van der Waals surface area (Å²) < 4.78 is 10.7. The van der Waals surface area contributed by atoms with Crippen LogP contribution in [-0.4, -0.2) is 24.9 Å². The van der Waals surface area contributed by atoms with Crippen molar-refractivity contribution in [2.45, 2.75) is 37.0 Å². The van der Waals surface area contributed by atoms with Crippen molar-refractivity contribution in [3.05, 3.63) is 54.1 Å². The number of ether oxygens (including phenoxy) is 2. The van der Waals surface area contributed by atoms with Crippen LogP contribution in [0.4, 0.5) is 0 Å². The van der Waals surface area contributed by atoms with E-state index in [9.17, 15) is 4.79 Å². The summed E-state index contributed by atoms with van der Waals surface area (Å²) in [5.41, 5.74) is 1.03. The van der Waals surface area contributed by atoms with Gasteiger partial charge in [-0.2, -0.15) is 0 Å². The number of amides is 1. The molecule has 2 atom stereocenters. The van der Waals surface area contributed by atoms with Crippen molar-refractivity contribution in [3.63, 3.8) is 0 Å². The number of hydrogen-bond donors (Lipinski definition) is 1. The summed E-state index contributed by atoms with van der Waals surface area (Å²) in [6, 6.07) is 15.5. The van der Waals surface area contributed by atoms with E-state index in [1.165, 1.54) is 11.8 Å². The van der Waals surface area contributed by atoms with E-state index < -0.39 is 0 Å². The zero-order valence-corrected chi connectivity index (χ0v) is 15.9. The Morgan fingerprint density at radius 2 is 1.84 bits per heavy atom. The lowest BCUT2D eigenvalue weighted by Crippen LogP contribution is -2.33. The molecule has 0 saturated carbocycles. The predicted octanol–water partition coefficient (Wildman–Crippen LogP) is 4.45. The Labute approximate surface area is 153 Å². The van der Waals surface area contributed by atoms with Crippen LogP contribution in [0.15, 0.2) is 53.4 Å². The fourth-order valence-electron chi connectivity index (χ4n) is 2.37. The predicted molar refractivity (Wildman–Crippen MR) is 102 cm³/mol. The Kier molecular flexibility index (Phi) is 7.19. The first kappa shape index (κ1) is 19.2. The molecule has 0 aliphatic rings. The number of thioether (sulfide) groups is 1. The van der Waals surface area contributed by atoms with Crippen LogP contribution in [0, 0.1) is 0 Å². The number of rotatable bonds is 8. The molecule has 0 fully saturated rings. The maximum absolute atomic E-state index is 12.5. The molecular weight excluding hydrogens is 334 g/mol. The van der Waals surface area contributed by atoms with Crippen molar-refractivity contribution in [2.75, 3.05) is 13.7 Å². The van der Waals surface area contributed by atoms with Crippen LogP contribution in [0.5, 0.6) is 11.5 Å². The molecule has 0 heterocycles. The van der Waals surface area contributed by atoms with E-state index in [1.54, 1.807) is 7.11 Å². The smallest absolute Gasteiger partial charge is 0.233 e. The van der Waals surface area contributed by atoms with Gasteiger partial charge in [0.25, 0.3) is 0 Å². The average Bonchev–Trinajstić information content (AvgIpc) is 2.62. The third-order valence-electron chi connectivity index (χ3n) is 3.77. The van der Waals surface area contributed by atoms with Crippen LogP contribution in [-0.2, 0) is 4.79 Å². The van der Waals surface area contributed by atoms with Gasteiger partial charge in [-0.3, -0.25) is 4.79 Å². The molecule has 1 N–H and O–H groups in total. The second kappa shape index (κ2) is 9.37. The normalized spacial score (nSPS) is 13.0. The van der Waals surface area contributed by atoms with Crippen molar-refractivity contribution < 1.29 is 14.3 Å². The highest BCUT2D eigenvalue weighted by molar-refractivity contribution is 8.00. The fourth-order valence-corrected chi connectivity index (χ4v) is 3.24. The van der Waals surface area contributed by atoms with Gasteiger partial charge in [-0.15, -0.1) is 11.8 Å². The third-order valence-corrected chi connectivity index (χ3v) is 4.88. The Morgan fingerprint density at radius 3 is 2.48 bits per heavy atom. The molecule has 0 spiro atoms. The number of methoxy groups -OCH3 is 1. The van der Waals surface area contributed by atoms with E-state index in [4.69, 9.17) is 9.47 Å². The molecular formula is C20H25NO3S. The van der Waals surface area contributed by atoms with Crippen LogP contribution in [0.25, 0.3) is 0 Å². The average molecular weight is 359 g/mol. The minimum atomic E-state index is -0.189. The SMILES string of the molecule is CCOc1cccc(C(C)NC(=O)C(C)Sc2ccc(OC)cc2)c1. The number of hydrogen-bond acceptors (Lipinski definition) is 4. The van der Waals surface area contributed by atoms with Gasteiger partial charge < -0.3 is 14.8 Å². The molecule has 2 aromatic carbocycles. The van der Waals surface area contributed by atoms with Crippen molar-refractivity contribution >= 4 is 17.7 Å². The molecule has 5 heteroatoms. The lowest BCUT2D eigenvalue weighted by atomic mass is 10.1. The minimum Gasteiger partial charge on any atom is -0.497 e. The third kappa shape index (κ3) is 5.71. The van der Waals surface area contributed by atoms with Crippen LogP contribution in [0.2, 0.25) is 0 Å². The molecule has 25 heavy (non-hydrogen) atoms. The van der Waals surface area contributed by atoms with Crippen molar-refractivity contribution in [1.29, 1.82) is 0 Å². The van der Waals surface area contributed by atoms with E-state index in [2.05, 4.69) is 5.32 Å². The molecule has 0 bridgehead atoms. The minimum absolute atomic E-state index is 0.00938.